The van der Waals surface area contributed by atoms with Gasteiger partial charge in [-0.25, -0.2) is 0 Å². The molecule has 0 saturated heterocycles. The molecule has 1 N–H and O–H groups in total. The van der Waals surface area contributed by atoms with Crippen molar-refractivity contribution in [2.24, 2.45) is 5.92 Å². The van der Waals surface area contributed by atoms with Crippen LogP contribution in [-0.4, -0.2) is 11.1 Å². The van der Waals surface area contributed by atoms with E-state index >= 15 is 0 Å². The van der Waals surface area contributed by atoms with Crippen LogP contribution in [0.2, 0.25) is 0 Å². The smallest absolute Gasteiger partial charge is 0.306 e. The standard InChI is InChI=1S/C19H20O2/c20-19(21)18(15-14-17-10-5-2-6-11-17)13-7-12-16-8-3-1-4-9-16/h1-12,18H,13-15H2,(H,20,21). The summed E-state index contributed by atoms with van der Waals surface area (Å²) >= 11 is 0. The number of benzene rings is 2. The van der Waals surface area contributed by atoms with Gasteiger partial charge >= 0.3 is 5.97 Å². The van der Waals surface area contributed by atoms with Gasteiger partial charge in [0.1, 0.15) is 0 Å². The van der Waals surface area contributed by atoms with Crippen molar-refractivity contribution in [3.05, 3.63) is 77.9 Å². The van der Waals surface area contributed by atoms with Gasteiger partial charge in [0.05, 0.1) is 5.92 Å². The van der Waals surface area contributed by atoms with Gasteiger partial charge in [0.2, 0.25) is 0 Å². The van der Waals surface area contributed by atoms with E-state index in [0.717, 1.165) is 12.0 Å². The Balaban J connectivity index is 1.88. The molecule has 21 heavy (non-hydrogen) atoms. The van der Waals surface area contributed by atoms with Crippen molar-refractivity contribution in [3.63, 3.8) is 0 Å². The minimum absolute atomic E-state index is 0.329. The van der Waals surface area contributed by atoms with Gasteiger partial charge in [0, 0.05) is 0 Å². The Hall–Kier alpha value is -2.35. The van der Waals surface area contributed by atoms with E-state index < -0.39 is 5.97 Å². The number of aryl methyl sites for hydroxylation is 1. The van der Waals surface area contributed by atoms with Crippen molar-refractivity contribution < 1.29 is 9.90 Å². The molecule has 0 fully saturated rings. The third-order valence-electron chi connectivity index (χ3n) is 3.50. The average Bonchev–Trinajstić information content (AvgIpc) is 2.52. The summed E-state index contributed by atoms with van der Waals surface area (Å²) in [5, 5.41) is 9.31. The summed E-state index contributed by atoms with van der Waals surface area (Å²) in [5.41, 5.74) is 2.29. The third-order valence-corrected chi connectivity index (χ3v) is 3.50. The van der Waals surface area contributed by atoms with E-state index in [1.807, 2.05) is 72.8 Å². The molecular formula is C19H20O2. The first kappa shape index (κ1) is 15.0. The second-order valence-corrected chi connectivity index (χ2v) is 5.11. The first-order chi connectivity index (χ1) is 10.3. The van der Waals surface area contributed by atoms with Crippen molar-refractivity contribution in [1.82, 2.24) is 0 Å². The fourth-order valence-corrected chi connectivity index (χ4v) is 2.26. The van der Waals surface area contributed by atoms with Crippen molar-refractivity contribution in [2.75, 3.05) is 0 Å². The summed E-state index contributed by atoms with van der Waals surface area (Å²) in [4.78, 5) is 11.3. The van der Waals surface area contributed by atoms with Gasteiger partial charge in [0.15, 0.2) is 0 Å². The third kappa shape index (κ3) is 5.27. The minimum Gasteiger partial charge on any atom is -0.481 e. The van der Waals surface area contributed by atoms with Crippen LogP contribution in [0.3, 0.4) is 0 Å². The Morgan fingerprint density at radius 2 is 1.62 bits per heavy atom. The van der Waals surface area contributed by atoms with E-state index in [-0.39, 0.29) is 5.92 Å². The Labute approximate surface area is 125 Å². The lowest BCUT2D eigenvalue weighted by molar-refractivity contribution is -0.141. The number of hydrogen-bond acceptors (Lipinski definition) is 1. The Morgan fingerprint density at radius 1 is 1.00 bits per heavy atom. The number of aliphatic carboxylic acids is 1. The molecule has 1 atom stereocenters. The fourth-order valence-electron chi connectivity index (χ4n) is 2.26. The molecule has 2 nitrogen and oxygen atoms in total. The van der Waals surface area contributed by atoms with Crippen LogP contribution >= 0.6 is 0 Å². The summed E-state index contributed by atoms with van der Waals surface area (Å²) in [6, 6.07) is 20.0. The number of rotatable bonds is 7. The highest BCUT2D eigenvalue weighted by molar-refractivity contribution is 5.70. The Bertz CT molecular complexity index is 573. The largest absolute Gasteiger partial charge is 0.481 e. The van der Waals surface area contributed by atoms with E-state index in [1.54, 1.807) is 0 Å². The molecule has 2 heteroatoms. The zero-order valence-corrected chi connectivity index (χ0v) is 12.0. The van der Waals surface area contributed by atoms with E-state index in [4.69, 9.17) is 0 Å². The zero-order chi connectivity index (χ0) is 14.9. The van der Waals surface area contributed by atoms with Gasteiger partial charge in [-0.05, 0) is 30.4 Å². The molecule has 2 rings (SSSR count). The predicted octanol–water partition coefficient (Wildman–Crippen LogP) is 4.42. The molecule has 0 spiro atoms. The van der Waals surface area contributed by atoms with Crippen LogP contribution in [0.1, 0.15) is 24.0 Å². The van der Waals surface area contributed by atoms with Crippen LogP contribution in [-0.2, 0) is 11.2 Å². The van der Waals surface area contributed by atoms with Crippen LogP contribution in [0.5, 0.6) is 0 Å². The SMILES string of the molecule is O=C(O)C(CC=Cc1ccccc1)CCc1ccccc1. The number of carbonyl (C=O) groups is 1. The molecule has 0 aliphatic carbocycles. The van der Waals surface area contributed by atoms with Gasteiger partial charge in [-0.3, -0.25) is 4.79 Å². The van der Waals surface area contributed by atoms with Crippen molar-refractivity contribution in [1.29, 1.82) is 0 Å². The van der Waals surface area contributed by atoms with Gasteiger partial charge in [0.25, 0.3) is 0 Å². The molecule has 2 aromatic rings. The Kier molecular flexibility index (Phi) is 5.77. The molecule has 0 radical (unpaired) electrons. The molecule has 0 aromatic heterocycles. The van der Waals surface area contributed by atoms with Crippen LogP contribution in [0.25, 0.3) is 6.08 Å². The quantitative estimate of drug-likeness (QED) is 0.815. The number of carboxylic acid groups (broad SMARTS) is 1. The summed E-state index contributed by atoms with van der Waals surface area (Å²) in [6.07, 6.45) is 5.98. The monoisotopic (exact) mass is 280 g/mol. The lowest BCUT2D eigenvalue weighted by Crippen LogP contribution is -2.13. The number of allylic oxidation sites excluding steroid dienone is 1. The summed E-state index contributed by atoms with van der Waals surface area (Å²) in [6.45, 7) is 0. The van der Waals surface area contributed by atoms with E-state index in [9.17, 15) is 9.90 Å². The van der Waals surface area contributed by atoms with Gasteiger partial charge in [-0.1, -0.05) is 72.8 Å². The fraction of sp³-hybridized carbons (Fsp3) is 0.211. The highest BCUT2D eigenvalue weighted by Crippen LogP contribution is 2.15. The van der Waals surface area contributed by atoms with Crippen LogP contribution in [0, 0.1) is 5.92 Å². The normalized spacial score (nSPS) is 12.4. The lowest BCUT2D eigenvalue weighted by Gasteiger charge is -2.09. The van der Waals surface area contributed by atoms with Gasteiger partial charge in [-0.15, -0.1) is 0 Å². The van der Waals surface area contributed by atoms with Crippen LogP contribution in [0.4, 0.5) is 0 Å². The maximum atomic E-state index is 11.3. The molecule has 0 bridgehead atoms. The second kappa shape index (κ2) is 8.05. The van der Waals surface area contributed by atoms with Gasteiger partial charge in [-0.2, -0.15) is 0 Å². The Morgan fingerprint density at radius 3 is 2.24 bits per heavy atom. The summed E-state index contributed by atoms with van der Waals surface area (Å²) < 4.78 is 0. The molecule has 0 amide bonds. The zero-order valence-electron chi connectivity index (χ0n) is 12.0. The molecule has 0 saturated carbocycles. The highest BCUT2D eigenvalue weighted by atomic mass is 16.4. The predicted molar refractivity (Wildman–Crippen MR) is 86.0 cm³/mol. The van der Waals surface area contributed by atoms with Crippen molar-refractivity contribution >= 4 is 12.0 Å². The summed E-state index contributed by atoms with van der Waals surface area (Å²) in [7, 11) is 0. The average molecular weight is 280 g/mol. The minimum atomic E-state index is -0.719. The molecule has 108 valence electrons. The first-order valence-corrected chi connectivity index (χ1v) is 7.24. The van der Waals surface area contributed by atoms with E-state index in [2.05, 4.69) is 0 Å². The van der Waals surface area contributed by atoms with Gasteiger partial charge < -0.3 is 5.11 Å². The maximum Gasteiger partial charge on any atom is 0.306 e. The number of hydrogen-bond donors (Lipinski definition) is 1. The maximum absolute atomic E-state index is 11.3. The van der Waals surface area contributed by atoms with Crippen LogP contribution in [0.15, 0.2) is 66.7 Å². The van der Waals surface area contributed by atoms with E-state index in [1.165, 1.54) is 5.56 Å². The molecule has 0 aliphatic heterocycles. The topological polar surface area (TPSA) is 37.3 Å². The summed E-state index contributed by atoms with van der Waals surface area (Å²) in [5.74, 6) is -1.05. The molecule has 0 aliphatic rings. The number of carboxylic acids is 1. The van der Waals surface area contributed by atoms with E-state index in [0.29, 0.717) is 12.8 Å². The highest BCUT2D eigenvalue weighted by Gasteiger charge is 2.15. The van der Waals surface area contributed by atoms with Crippen molar-refractivity contribution in [3.8, 4) is 0 Å². The molecule has 0 heterocycles. The van der Waals surface area contributed by atoms with Crippen LogP contribution < -0.4 is 0 Å². The first-order valence-electron chi connectivity index (χ1n) is 7.24. The molecular weight excluding hydrogens is 260 g/mol. The lowest BCUT2D eigenvalue weighted by atomic mass is 9.96. The van der Waals surface area contributed by atoms with Crippen molar-refractivity contribution in [2.45, 2.75) is 19.3 Å². The molecule has 1 unspecified atom stereocenters. The molecule has 2 aromatic carbocycles. The second-order valence-electron chi connectivity index (χ2n) is 5.11.